The Morgan fingerprint density at radius 1 is 0.696 bits per heavy atom. The Hall–Kier alpha value is -3.20. The molecular formula is C20H14N2O. The van der Waals surface area contributed by atoms with Crippen LogP contribution in [0.5, 0.6) is 0 Å². The lowest BCUT2D eigenvalue weighted by Crippen LogP contribution is -2.14. The van der Waals surface area contributed by atoms with Gasteiger partial charge in [0.2, 0.25) is 0 Å². The Morgan fingerprint density at radius 2 is 1.30 bits per heavy atom. The third-order valence-corrected chi connectivity index (χ3v) is 3.86. The molecule has 3 heteroatoms. The molecule has 0 atom stereocenters. The summed E-state index contributed by atoms with van der Waals surface area (Å²) < 4.78 is 0. The van der Waals surface area contributed by atoms with E-state index in [0.29, 0.717) is 5.69 Å². The number of hydrogen-bond acceptors (Lipinski definition) is 2. The second-order valence-corrected chi connectivity index (χ2v) is 5.34. The van der Waals surface area contributed by atoms with Gasteiger partial charge in [0.05, 0.1) is 5.52 Å². The molecular weight excluding hydrogens is 284 g/mol. The van der Waals surface area contributed by atoms with Crippen LogP contribution in [-0.2, 0) is 0 Å². The molecule has 1 aromatic heterocycles. The van der Waals surface area contributed by atoms with Gasteiger partial charge in [-0.15, -0.1) is 0 Å². The summed E-state index contributed by atoms with van der Waals surface area (Å²) in [5.74, 6) is -0.196. The van der Waals surface area contributed by atoms with Crippen LogP contribution in [0.3, 0.4) is 0 Å². The summed E-state index contributed by atoms with van der Waals surface area (Å²) in [7, 11) is 0. The molecule has 110 valence electrons. The fourth-order valence-corrected chi connectivity index (χ4v) is 2.79. The van der Waals surface area contributed by atoms with Crippen LogP contribution in [0, 0.1) is 0 Å². The molecule has 0 saturated heterocycles. The van der Waals surface area contributed by atoms with Gasteiger partial charge in [-0.25, -0.2) is 4.98 Å². The van der Waals surface area contributed by atoms with Crippen molar-refractivity contribution in [3.63, 3.8) is 0 Å². The summed E-state index contributed by atoms with van der Waals surface area (Å²) in [6.07, 6.45) is 0. The lowest BCUT2D eigenvalue weighted by atomic mass is 10.0. The minimum atomic E-state index is -0.196. The maximum atomic E-state index is 12.7. The fraction of sp³-hybridized carbons (Fsp3) is 0. The molecule has 3 aromatic carbocycles. The minimum Gasteiger partial charge on any atom is -0.321 e. The maximum Gasteiger partial charge on any atom is 0.274 e. The van der Waals surface area contributed by atoms with E-state index >= 15 is 0 Å². The second kappa shape index (κ2) is 5.54. The van der Waals surface area contributed by atoms with Crippen molar-refractivity contribution in [2.75, 3.05) is 5.32 Å². The van der Waals surface area contributed by atoms with Crippen molar-refractivity contribution in [1.29, 1.82) is 0 Å². The SMILES string of the molecule is O=C(Nc1ccccc1)c1nc2ccccc2c2ccccc12. The maximum absolute atomic E-state index is 12.7. The monoisotopic (exact) mass is 298 g/mol. The zero-order chi connectivity index (χ0) is 15.6. The average Bonchev–Trinajstić information content (AvgIpc) is 2.62. The molecule has 3 nitrogen and oxygen atoms in total. The average molecular weight is 298 g/mol. The number of hydrogen-bond donors (Lipinski definition) is 1. The van der Waals surface area contributed by atoms with Gasteiger partial charge in [-0.2, -0.15) is 0 Å². The van der Waals surface area contributed by atoms with Gasteiger partial charge in [-0.05, 0) is 23.6 Å². The molecule has 1 heterocycles. The standard InChI is InChI=1S/C20H14N2O/c23-20(21-14-8-2-1-3-9-14)19-17-12-5-4-10-15(17)16-11-6-7-13-18(16)22-19/h1-13H,(H,21,23). The largest absolute Gasteiger partial charge is 0.321 e. The third kappa shape index (κ3) is 2.42. The summed E-state index contributed by atoms with van der Waals surface area (Å²) in [6.45, 7) is 0. The molecule has 0 fully saturated rings. The Balaban J connectivity index is 1.89. The summed E-state index contributed by atoms with van der Waals surface area (Å²) >= 11 is 0. The number of benzene rings is 3. The molecule has 1 N–H and O–H groups in total. The molecule has 0 saturated carbocycles. The summed E-state index contributed by atoms with van der Waals surface area (Å²) in [5.41, 5.74) is 2.03. The van der Waals surface area contributed by atoms with Crippen LogP contribution in [-0.4, -0.2) is 10.9 Å². The van der Waals surface area contributed by atoms with Gasteiger partial charge < -0.3 is 5.32 Å². The van der Waals surface area contributed by atoms with E-state index in [2.05, 4.69) is 10.3 Å². The first kappa shape index (κ1) is 13.5. The Morgan fingerprint density at radius 3 is 2.09 bits per heavy atom. The van der Waals surface area contributed by atoms with E-state index in [4.69, 9.17) is 0 Å². The van der Waals surface area contributed by atoms with Gasteiger partial charge in [0.15, 0.2) is 0 Å². The Bertz CT molecular complexity index is 1010. The van der Waals surface area contributed by atoms with E-state index in [1.54, 1.807) is 0 Å². The first-order valence-electron chi connectivity index (χ1n) is 7.47. The van der Waals surface area contributed by atoms with Crippen LogP contribution >= 0.6 is 0 Å². The number of anilines is 1. The predicted octanol–water partition coefficient (Wildman–Crippen LogP) is 4.64. The third-order valence-electron chi connectivity index (χ3n) is 3.86. The highest BCUT2D eigenvalue weighted by molar-refractivity contribution is 6.17. The number of rotatable bonds is 2. The smallest absolute Gasteiger partial charge is 0.274 e. The highest BCUT2D eigenvalue weighted by Crippen LogP contribution is 2.26. The predicted molar refractivity (Wildman–Crippen MR) is 93.6 cm³/mol. The molecule has 23 heavy (non-hydrogen) atoms. The van der Waals surface area contributed by atoms with Gasteiger partial charge in [-0.1, -0.05) is 60.7 Å². The molecule has 0 unspecified atom stereocenters. The van der Waals surface area contributed by atoms with Crippen LogP contribution < -0.4 is 5.32 Å². The number of carbonyl (C=O) groups excluding carboxylic acids is 1. The highest BCUT2D eigenvalue weighted by atomic mass is 16.1. The lowest BCUT2D eigenvalue weighted by molar-refractivity contribution is 0.102. The first-order chi connectivity index (χ1) is 11.3. The number of fused-ring (bicyclic) bond motifs is 3. The number of pyridine rings is 1. The molecule has 4 rings (SSSR count). The molecule has 0 aliphatic carbocycles. The molecule has 0 bridgehead atoms. The number of para-hydroxylation sites is 2. The van der Waals surface area contributed by atoms with Crippen LogP contribution in [0.15, 0.2) is 78.9 Å². The normalized spacial score (nSPS) is 10.8. The van der Waals surface area contributed by atoms with Crippen LogP contribution in [0.4, 0.5) is 5.69 Å². The lowest BCUT2D eigenvalue weighted by Gasteiger charge is -2.10. The molecule has 0 aliphatic heterocycles. The van der Waals surface area contributed by atoms with Crippen LogP contribution in [0.1, 0.15) is 10.5 Å². The number of aromatic nitrogens is 1. The zero-order valence-electron chi connectivity index (χ0n) is 12.4. The number of nitrogens with zero attached hydrogens (tertiary/aromatic N) is 1. The van der Waals surface area contributed by atoms with Crippen molar-refractivity contribution in [1.82, 2.24) is 4.98 Å². The van der Waals surface area contributed by atoms with Gasteiger partial charge >= 0.3 is 0 Å². The van der Waals surface area contributed by atoms with Crippen molar-refractivity contribution in [2.45, 2.75) is 0 Å². The topological polar surface area (TPSA) is 42.0 Å². The van der Waals surface area contributed by atoms with Gasteiger partial charge in [0, 0.05) is 16.5 Å². The Kier molecular flexibility index (Phi) is 3.24. The second-order valence-electron chi connectivity index (χ2n) is 5.34. The van der Waals surface area contributed by atoms with E-state index in [1.165, 1.54) is 0 Å². The van der Waals surface area contributed by atoms with Crippen molar-refractivity contribution < 1.29 is 4.79 Å². The summed E-state index contributed by atoms with van der Waals surface area (Å²) in [5, 5.41) is 5.87. The van der Waals surface area contributed by atoms with Crippen molar-refractivity contribution in [3.8, 4) is 0 Å². The van der Waals surface area contributed by atoms with Crippen LogP contribution in [0.2, 0.25) is 0 Å². The Labute approximate surface area is 133 Å². The van der Waals surface area contributed by atoms with E-state index in [9.17, 15) is 4.79 Å². The van der Waals surface area contributed by atoms with Crippen molar-refractivity contribution in [2.24, 2.45) is 0 Å². The van der Waals surface area contributed by atoms with Gasteiger partial charge in [0.25, 0.3) is 5.91 Å². The molecule has 4 aromatic rings. The van der Waals surface area contributed by atoms with Crippen LogP contribution in [0.25, 0.3) is 21.7 Å². The zero-order valence-corrected chi connectivity index (χ0v) is 12.4. The molecule has 0 aliphatic rings. The quantitative estimate of drug-likeness (QED) is 0.548. The van der Waals surface area contributed by atoms with Gasteiger partial charge in [-0.3, -0.25) is 4.79 Å². The number of nitrogens with one attached hydrogen (secondary N) is 1. The fourth-order valence-electron chi connectivity index (χ4n) is 2.79. The molecule has 0 spiro atoms. The molecule has 1 amide bonds. The number of amides is 1. The highest BCUT2D eigenvalue weighted by Gasteiger charge is 2.14. The first-order valence-corrected chi connectivity index (χ1v) is 7.47. The van der Waals surface area contributed by atoms with Crippen molar-refractivity contribution >= 4 is 33.3 Å². The van der Waals surface area contributed by atoms with E-state index in [1.807, 2.05) is 78.9 Å². The molecule has 0 radical (unpaired) electrons. The van der Waals surface area contributed by atoms with E-state index in [-0.39, 0.29) is 5.91 Å². The minimum absolute atomic E-state index is 0.196. The van der Waals surface area contributed by atoms with E-state index < -0.39 is 0 Å². The van der Waals surface area contributed by atoms with Crippen molar-refractivity contribution in [3.05, 3.63) is 84.6 Å². The summed E-state index contributed by atoms with van der Waals surface area (Å²) in [4.78, 5) is 17.3. The van der Waals surface area contributed by atoms with Gasteiger partial charge in [0.1, 0.15) is 5.69 Å². The number of carbonyl (C=O) groups is 1. The summed E-state index contributed by atoms with van der Waals surface area (Å²) in [6, 6.07) is 25.2. The van der Waals surface area contributed by atoms with E-state index in [0.717, 1.165) is 27.4 Å².